The molecule has 1 aliphatic carbocycles. The Morgan fingerprint density at radius 2 is 1.87 bits per heavy atom. The monoisotopic (exact) mass is 532 g/mol. The number of halogens is 3. The Morgan fingerprint density at radius 1 is 1.13 bits per heavy atom. The molecular formula is C28H35F3N4O3. The van der Waals surface area contributed by atoms with Crippen LogP contribution in [0.2, 0.25) is 0 Å². The molecule has 2 amide bonds. The van der Waals surface area contributed by atoms with Gasteiger partial charge < -0.3 is 20.6 Å². The zero-order valence-corrected chi connectivity index (χ0v) is 21.7. The maximum absolute atomic E-state index is 13.1. The number of carbonyl (C=O) groups is 2. The zero-order chi connectivity index (χ0) is 27.5. The lowest BCUT2D eigenvalue weighted by Gasteiger charge is -2.37. The summed E-state index contributed by atoms with van der Waals surface area (Å²) in [5, 5.41) is 17.2. The van der Waals surface area contributed by atoms with Crippen molar-refractivity contribution in [2.75, 3.05) is 13.1 Å². The molecule has 0 radical (unpaired) electrons. The minimum Gasteiger partial charge on any atom is -0.384 e. The Kier molecular flexibility index (Phi) is 8.42. The van der Waals surface area contributed by atoms with E-state index in [-0.39, 0.29) is 42.1 Å². The number of nitrogens with zero attached hydrogens (tertiary/aromatic N) is 2. The number of pyridine rings is 1. The standard InChI is InChI=1S/C28H35F3N4O3/c1-18(2)23-15-22(34-21-9-11-27(38,12-10-21)24-8-3-4-13-32-24)17-35(23)25(36)16-33-26(37)19-6-5-7-20(14-19)28(29,30)31/h3-8,13-14,18,21-23,34,38H,9-12,15-17H2,1-2H3,(H,33,37). The summed E-state index contributed by atoms with van der Waals surface area (Å²) in [6.07, 6.45) is 0.692. The van der Waals surface area contributed by atoms with Gasteiger partial charge in [-0.25, -0.2) is 0 Å². The normalized spacial score (nSPS) is 26.0. The molecule has 1 aromatic heterocycles. The summed E-state index contributed by atoms with van der Waals surface area (Å²) in [7, 11) is 0. The zero-order valence-electron chi connectivity index (χ0n) is 21.7. The second-order valence-corrected chi connectivity index (χ2v) is 10.7. The summed E-state index contributed by atoms with van der Waals surface area (Å²) >= 11 is 0. The van der Waals surface area contributed by atoms with Crippen LogP contribution < -0.4 is 10.6 Å². The number of hydrogen-bond donors (Lipinski definition) is 3. The molecule has 1 aliphatic heterocycles. The van der Waals surface area contributed by atoms with Gasteiger partial charge in [0.15, 0.2) is 0 Å². The minimum atomic E-state index is -4.55. The fraction of sp³-hybridized carbons (Fsp3) is 0.536. The van der Waals surface area contributed by atoms with Crippen LogP contribution in [0.1, 0.15) is 67.6 Å². The molecule has 10 heteroatoms. The van der Waals surface area contributed by atoms with E-state index in [0.717, 1.165) is 31.4 Å². The van der Waals surface area contributed by atoms with Gasteiger partial charge in [-0.2, -0.15) is 13.2 Å². The van der Waals surface area contributed by atoms with Gasteiger partial charge in [0.05, 0.1) is 17.8 Å². The molecule has 3 N–H and O–H groups in total. The molecule has 0 bridgehead atoms. The maximum atomic E-state index is 13.1. The third kappa shape index (κ3) is 6.53. The highest BCUT2D eigenvalue weighted by Gasteiger charge is 2.40. The molecule has 2 unspecified atom stereocenters. The smallest absolute Gasteiger partial charge is 0.384 e. The van der Waals surface area contributed by atoms with Crippen molar-refractivity contribution in [1.82, 2.24) is 20.5 Å². The van der Waals surface area contributed by atoms with Crippen LogP contribution in [0.15, 0.2) is 48.7 Å². The third-order valence-corrected chi connectivity index (χ3v) is 7.71. The SMILES string of the molecule is CC(C)C1CC(NC2CCC(O)(c3ccccn3)CC2)CN1C(=O)CNC(=O)c1cccc(C(F)(F)F)c1. The predicted octanol–water partition coefficient (Wildman–Crippen LogP) is 3.88. The molecule has 7 nitrogen and oxygen atoms in total. The molecular weight excluding hydrogens is 497 g/mol. The van der Waals surface area contributed by atoms with Crippen molar-refractivity contribution in [2.24, 2.45) is 5.92 Å². The molecule has 1 aromatic carbocycles. The highest BCUT2D eigenvalue weighted by Crippen LogP contribution is 2.37. The topological polar surface area (TPSA) is 94.6 Å². The van der Waals surface area contributed by atoms with Crippen LogP contribution >= 0.6 is 0 Å². The second kappa shape index (κ2) is 11.4. The van der Waals surface area contributed by atoms with Crippen molar-refractivity contribution in [1.29, 1.82) is 0 Å². The average molecular weight is 533 g/mol. The number of carbonyl (C=O) groups excluding carboxylic acids is 2. The molecule has 0 spiro atoms. The molecule has 2 fully saturated rings. The molecule has 206 valence electrons. The van der Waals surface area contributed by atoms with Crippen molar-refractivity contribution in [3.8, 4) is 0 Å². The maximum Gasteiger partial charge on any atom is 0.416 e. The number of likely N-dealkylation sites (tertiary alicyclic amines) is 1. The predicted molar refractivity (Wildman–Crippen MR) is 136 cm³/mol. The van der Waals surface area contributed by atoms with Crippen LogP contribution in [0, 0.1) is 5.92 Å². The molecule has 2 aromatic rings. The van der Waals surface area contributed by atoms with Crippen molar-refractivity contribution < 1.29 is 27.9 Å². The first-order valence-electron chi connectivity index (χ1n) is 13.1. The molecule has 1 saturated heterocycles. The number of hydrogen-bond acceptors (Lipinski definition) is 5. The lowest BCUT2D eigenvalue weighted by Crippen LogP contribution is -2.47. The lowest BCUT2D eigenvalue weighted by molar-refractivity contribution is -0.137. The molecule has 2 aliphatic rings. The summed E-state index contributed by atoms with van der Waals surface area (Å²) in [6.45, 7) is 4.29. The van der Waals surface area contributed by atoms with E-state index in [1.165, 1.54) is 12.1 Å². The van der Waals surface area contributed by atoms with Gasteiger partial charge in [-0.3, -0.25) is 14.6 Å². The van der Waals surface area contributed by atoms with Crippen molar-refractivity contribution in [3.05, 3.63) is 65.5 Å². The highest BCUT2D eigenvalue weighted by atomic mass is 19.4. The van der Waals surface area contributed by atoms with Crippen molar-refractivity contribution in [3.63, 3.8) is 0 Å². The van der Waals surface area contributed by atoms with E-state index in [0.29, 0.717) is 25.1 Å². The first-order chi connectivity index (χ1) is 18.0. The Labute approximate surface area is 220 Å². The number of nitrogens with one attached hydrogen (secondary N) is 2. The molecule has 2 heterocycles. The van der Waals surface area contributed by atoms with Gasteiger partial charge in [-0.1, -0.05) is 26.0 Å². The van der Waals surface area contributed by atoms with E-state index in [1.807, 2.05) is 32.0 Å². The number of alkyl halides is 3. The van der Waals surface area contributed by atoms with E-state index in [2.05, 4.69) is 15.6 Å². The second-order valence-electron chi connectivity index (χ2n) is 10.7. The van der Waals surface area contributed by atoms with Crippen LogP contribution in [0.3, 0.4) is 0 Å². The van der Waals surface area contributed by atoms with E-state index in [4.69, 9.17) is 0 Å². The lowest BCUT2D eigenvalue weighted by atomic mass is 9.79. The summed E-state index contributed by atoms with van der Waals surface area (Å²) < 4.78 is 38.9. The summed E-state index contributed by atoms with van der Waals surface area (Å²) in [5.74, 6) is -0.783. The molecule has 4 rings (SSSR count). The van der Waals surface area contributed by atoms with E-state index in [1.54, 1.807) is 11.1 Å². The van der Waals surface area contributed by atoms with Gasteiger partial charge in [0.1, 0.15) is 5.60 Å². The number of amides is 2. The number of aliphatic hydroxyl groups is 1. The fourth-order valence-electron chi connectivity index (χ4n) is 5.59. The van der Waals surface area contributed by atoms with Crippen molar-refractivity contribution in [2.45, 2.75) is 75.9 Å². The molecule has 1 saturated carbocycles. The largest absolute Gasteiger partial charge is 0.416 e. The van der Waals surface area contributed by atoms with Gasteiger partial charge in [-0.15, -0.1) is 0 Å². The van der Waals surface area contributed by atoms with E-state index < -0.39 is 23.2 Å². The Bertz CT molecular complexity index is 1120. The minimum absolute atomic E-state index is 0.0144. The Hall–Kier alpha value is -2.98. The number of benzene rings is 1. The van der Waals surface area contributed by atoms with E-state index >= 15 is 0 Å². The highest BCUT2D eigenvalue weighted by molar-refractivity contribution is 5.96. The molecule has 2 atom stereocenters. The third-order valence-electron chi connectivity index (χ3n) is 7.71. The first-order valence-corrected chi connectivity index (χ1v) is 13.1. The first kappa shape index (κ1) is 28.0. The number of rotatable bonds is 7. The van der Waals surface area contributed by atoms with E-state index in [9.17, 15) is 27.9 Å². The van der Waals surface area contributed by atoms with Gasteiger partial charge in [0, 0.05) is 36.4 Å². The fourth-order valence-corrected chi connectivity index (χ4v) is 5.59. The van der Waals surface area contributed by atoms with Gasteiger partial charge in [-0.05, 0) is 68.4 Å². The summed E-state index contributed by atoms with van der Waals surface area (Å²) in [6, 6.07) is 9.99. The summed E-state index contributed by atoms with van der Waals surface area (Å²) in [4.78, 5) is 31.6. The van der Waals surface area contributed by atoms with Crippen LogP contribution in [0.25, 0.3) is 0 Å². The summed E-state index contributed by atoms with van der Waals surface area (Å²) in [5.41, 5.74) is -1.28. The van der Waals surface area contributed by atoms with Gasteiger partial charge in [0.2, 0.25) is 5.91 Å². The Balaban J connectivity index is 1.31. The molecule has 38 heavy (non-hydrogen) atoms. The van der Waals surface area contributed by atoms with Crippen LogP contribution in [-0.2, 0) is 16.6 Å². The average Bonchev–Trinajstić information content (AvgIpc) is 3.33. The van der Waals surface area contributed by atoms with Gasteiger partial charge in [0.25, 0.3) is 5.91 Å². The Morgan fingerprint density at radius 3 is 2.50 bits per heavy atom. The van der Waals surface area contributed by atoms with Crippen molar-refractivity contribution >= 4 is 11.8 Å². The van der Waals surface area contributed by atoms with Crippen LogP contribution in [0.5, 0.6) is 0 Å². The van der Waals surface area contributed by atoms with Crippen LogP contribution in [0.4, 0.5) is 13.2 Å². The quantitative estimate of drug-likeness (QED) is 0.503. The number of aromatic nitrogens is 1. The van der Waals surface area contributed by atoms with Crippen LogP contribution in [-0.4, -0.2) is 58.0 Å². The van der Waals surface area contributed by atoms with Gasteiger partial charge >= 0.3 is 6.18 Å².